The summed E-state index contributed by atoms with van der Waals surface area (Å²) >= 11 is 0. The molecular weight excluding hydrogens is 369 g/mol. The number of hydrogen-bond donors (Lipinski definition) is 0. The zero-order chi connectivity index (χ0) is 19.7. The first kappa shape index (κ1) is 18.1. The Kier molecular flexibility index (Phi) is 4.79. The van der Waals surface area contributed by atoms with Crippen molar-refractivity contribution in [1.29, 1.82) is 0 Å². The van der Waals surface area contributed by atoms with Crippen LogP contribution in [0.15, 0.2) is 36.4 Å². The van der Waals surface area contributed by atoms with Crippen molar-refractivity contribution >= 4 is 17.8 Å². The molecule has 144 valence electrons. The van der Waals surface area contributed by atoms with Crippen molar-refractivity contribution in [2.24, 2.45) is 0 Å². The van der Waals surface area contributed by atoms with Crippen LogP contribution in [-0.4, -0.2) is 36.0 Å². The van der Waals surface area contributed by atoms with E-state index in [4.69, 9.17) is 14.2 Å². The van der Waals surface area contributed by atoms with E-state index < -0.39 is 30.1 Å². The second-order valence-corrected chi connectivity index (χ2v) is 6.44. The molecule has 0 unspecified atom stereocenters. The molecule has 2 amide bonds. The molecule has 0 aliphatic carbocycles. The maximum atomic E-state index is 13.7. The first-order valence-corrected chi connectivity index (χ1v) is 8.63. The summed E-state index contributed by atoms with van der Waals surface area (Å²) < 4.78 is 29.4. The van der Waals surface area contributed by atoms with Crippen molar-refractivity contribution in [3.8, 4) is 5.75 Å². The van der Waals surface area contributed by atoms with E-state index in [0.717, 1.165) is 4.90 Å². The van der Waals surface area contributed by atoms with E-state index in [1.165, 1.54) is 12.1 Å². The second-order valence-electron chi connectivity index (χ2n) is 6.44. The lowest BCUT2D eigenvalue weighted by Gasteiger charge is -2.26. The molecule has 0 atom stereocenters. The number of carbonyl (C=O) groups is 3. The summed E-state index contributed by atoms with van der Waals surface area (Å²) in [7, 11) is 0. The van der Waals surface area contributed by atoms with E-state index in [1.807, 2.05) is 0 Å². The molecule has 8 heteroatoms. The van der Waals surface area contributed by atoms with E-state index >= 15 is 0 Å². The average molecular weight is 385 g/mol. The van der Waals surface area contributed by atoms with E-state index in [-0.39, 0.29) is 26.4 Å². The van der Waals surface area contributed by atoms with Crippen molar-refractivity contribution in [1.82, 2.24) is 4.90 Å². The average Bonchev–Trinajstić information content (AvgIpc) is 2.69. The normalized spacial score (nSPS) is 15.5. The minimum absolute atomic E-state index is 0.0236. The van der Waals surface area contributed by atoms with Crippen molar-refractivity contribution in [3.05, 3.63) is 64.5 Å². The molecule has 2 aliphatic heterocycles. The topological polar surface area (TPSA) is 82.1 Å². The summed E-state index contributed by atoms with van der Waals surface area (Å²) in [5, 5.41) is 0. The zero-order valence-electron chi connectivity index (χ0n) is 14.8. The van der Waals surface area contributed by atoms with Gasteiger partial charge in [0, 0.05) is 16.7 Å². The highest BCUT2D eigenvalue weighted by molar-refractivity contribution is 6.11. The number of carbonyl (C=O) groups excluding carboxylic acids is 3. The van der Waals surface area contributed by atoms with E-state index in [2.05, 4.69) is 0 Å². The Balaban J connectivity index is 1.44. The van der Waals surface area contributed by atoms with Crippen LogP contribution in [-0.2, 0) is 38.7 Å². The fourth-order valence-electron chi connectivity index (χ4n) is 3.26. The summed E-state index contributed by atoms with van der Waals surface area (Å²) in [6.45, 7) is -0.529. The van der Waals surface area contributed by atoms with Gasteiger partial charge >= 0.3 is 5.97 Å². The lowest BCUT2D eigenvalue weighted by molar-refractivity contribution is -0.149. The van der Waals surface area contributed by atoms with Gasteiger partial charge in [-0.1, -0.05) is 18.2 Å². The molecular formula is C20H16FNO6. The molecule has 2 aliphatic rings. The van der Waals surface area contributed by atoms with Gasteiger partial charge in [-0.15, -0.1) is 0 Å². The van der Waals surface area contributed by atoms with Gasteiger partial charge in [-0.3, -0.25) is 19.3 Å². The minimum Gasteiger partial charge on any atom is -0.467 e. The predicted molar refractivity (Wildman–Crippen MR) is 92.7 cm³/mol. The van der Waals surface area contributed by atoms with Crippen LogP contribution < -0.4 is 4.74 Å². The van der Waals surface area contributed by atoms with Gasteiger partial charge in [0.1, 0.15) is 24.7 Å². The highest BCUT2D eigenvalue weighted by atomic mass is 19.1. The lowest BCUT2D eigenvalue weighted by Crippen LogP contribution is -2.45. The molecule has 0 bridgehead atoms. The molecule has 0 radical (unpaired) electrons. The zero-order valence-corrected chi connectivity index (χ0v) is 14.8. The number of esters is 1. The number of fused-ring (bicyclic) bond motifs is 2. The number of rotatable bonds is 4. The Hall–Kier alpha value is -3.26. The van der Waals surface area contributed by atoms with Gasteiger partial charge in [-0.25, -0.2) is 4.39 Å². The predicted octanol–water partition coefficient (Wildman–Crippen LogP) is 1.96. The van der Waals surface area contributed by atoms with Gasteiger partial charge in [0.2, 0.25) is 5.91 Å². The van der Waals surface area contributed by atoms with Crippen LogP contribution in [0.25, 0.3) is 0 Å². The van der Waals surface area contributed by atoms with Crippen LogP contribution in [0.1, 0.15) is 27.0 Å². The molecule has 0 spiro atoms. The monoisotopic (exact) mass is 385 g/mol. The molecule has 0 saturated carbocycles. The second kappa shape index (κ2) is 7.40. The molecule has 7 nitrogen and oxygen atoms in total. The van der Waals surface area contributed by atoms with E-state index in [9.17, 15) is 18.8 Å². The molecule has 2 aromatic rings. The number of ether oxygens (including phenoxy) is 3. The molecule has 0 N–H and O–H groups in total. The standard InChI is InChI=1S/C20H16FNO6/c21-15-5-13-9-26-11-28-19(13)14(6-15)10-27-18(24)8-22-17(23)7-12-3-1-2-4-16(12)20(22)25/h1-6H,7-11H2. The Morgan fingerprint density at radius 1 is 1.18 bits per heavy atom. The summed E-state index contributed by atoms with van der Waals surface area (Å²) in [4.78, 5) is 37.8. The SMILES string of the molecule is O=C(CN1C(=O)Cc2ccccc2C1=O)OCc1cc(F)cc2c1OCOC2. The number of amides is 2. The highest BCUT2D eigenvalue weighted by Crippen LogP contribution is 2.30. The van der Waals surface area contributed by atoms with Crippen LogP contribution in [0.4, 0.5) is 4.39 Å². The van der Waals surface area contributed by atoms with Crippen molar-refractivity contribution in [3.63, 3.8) is 0 Å². The summed E-state index contributed by atoms with van der Waals surface area (Å²) in [5.74, 6) is -1.86. The van der Waals surface area contributed by atoms with Crippen LogP contribution in [0.5, 0.6) is 5.75 Å². The van der Waals surface area contributed by atoms with E-state index in [1.54, 1.807) is 24.3 Å². The summed E-state index contributed by atoms with van der Waals surface area (Å²) in [5.41, 5.74) is 1.90. The molecule has 0 aromatic heterocycles. The van der Waals surface area contributed by atoms with Crippen LogP contribution in [0.2, 0.25) is 0 Å². The Morgan fingerprint density at radius 2 is 2.00 bits per heavy atom. The first-order valence-electron chi connectivity index (χ1n) is 8.63. The van der Waals surface area contributed by atoms with Crippen LogP contribution >= 0.6 is 0 Å². The van der Waals surface area contributed by atoms with Gasteiger partial charge in [-0.2, -0.15) is 0 Å². The van der Waals surface area contributed by atoms with Crippen LogP contribution in [0.3, 0.4) is 0 Å². The maximum absolute atomic E-state index is 13.7. The number of benzene rings is 2. The van der Waals surface area contributed by atoms with Crippen molar-refractivity contribution in [2.45, 2.75) is 19.6 Å². The Morgan fingerprint density at radius 3 is 2.86 bits per heavy atom. The number of hydrogen-bond acceptors (Lipinski definition) is 6. The first-order chi connectivity index (χ1) is 13.5. The van der Waals surface area contributed by atoms with Gasteiger partial charge < -0.3 is 14.2 Å². The van der Waals surface area contributed by atoms with Gasteiger partial charge in [0.05, 0.1) is 13.0 Å². The lowest BCUT2D eigenvalue weighted by atomic mass is 9.98. The Bertz CT molecular complexity index is 973. The quantitative estimate of drug-likeness (QED) is 0.591. The molecule has 0 fully saturated rings. The third-order valence-corrected chi connectivity index (χ3v) is 4.56. The van der Waals surface area contributed by atoms with Gasteiger partial charge in [-0.05, 0) is 23.8 Å². The third kappa shape index (κ3) is 3.46. The smallest absolute Gasteiger partial charge is 0.326 e. The van der Waals surface area contributed by atoms with Crippen molar-refractivity contribution in [2.75, 3.05) is 13.3 Å². The van der Waals surface area contributed by atoms with Crippen LogP contribution in [0, 0.1) is 5.82 Å². The molecule has 2 heterocycles. The molecule has 2 aromatic carbocycles. The minimum atomic E-state index is -0.772. The highest BCUT2D eigenvalue weighted by Gasteiger charge is 2.32. The number of nitrogens with zero attached hydrogens (tertiary/aromatic N) is 1. The van der Waals surface area contributed by atoms with Gasteiger partial charge in [0.15, 0.2) is 6.79 Å². The fourth-order valence-corrected chi connectivity index (χ4v) is 3.26. The fraction of sp³-hybridized carbons (Fsp3) is 0.250. The van der Waals surface area contributed by atoms with E-state index in [0.29, 0.717) is 28.0 Å². The molecule has 0 saturated heterocycles. The van der Waals surface area contributed by atoms with Crippen molar-refractivity contribution < 1.29 is 33.0 Å². The Labute approximate surface area is 159 Å². The molecule has 4 rings (SSSR count). The maximum Gasteiger partial charge on any atom is 0.326 e. The molecule has 28 heavy (non-hydrogen) atoms. The number of halogens is 1. The number of imide groups is 1. The third-order valence-electron chi connectivity index (χ3n) is 4.56. The summed E-state index contributed by atoms with van der Waals surface area (Å²) in [6, 6.07) is 9.27. The largest absolute Gasteiger partial charge is 0.467 e. The summed E-state index contributed by atoms with van der Waals surface area (Å²) in [6.07, 6.45) is 0.0421. The van der Waals surface area contributed by atoms with Gasteiger partial charge in [0.25, 0.3) is 5.91 Å².